The molecule has 10 heteroatoms. The van der Waals surface area contributed by atoms with Gasteiger partial charge in [-0.25, -0.2) is 18.0 Å². The summed E-state index contributed by atoms with van der Waals surface area (Å²) in [5, 5.41) is 1.89. The van der Waals surface area contributed by atoms with Crippen LogP contribution in [0, 0.1) is 11.8 Å². The molecule has 1 fully saturated rings. The van der Waals surface area contributed by atoms with Crippen molar-refractivity contribution < 1.29 is 32.3 Å². The van der Waals surface area contributed by atoms with Crippen LogP contribution in [0.15, 0.2) is 29.2 Å². The molecule has 0 saturated carbocycles. The lowest BCUT2D eigenvalue weighted by molar-refractivity contribution is -0.123. The Morgan fingerprint density at radius 3 is 2.41 bits per heavy atom. The van der Waals surface area contributed by atoms with Crippen molar-refractivity contribution in [3.63, 3.8) is 0 Å². The van der Waals surface area contributed by atoms with Crippen molar-refractivity contribution in [1.29, 1.82) is 0 Å². The Morgan fingerprint density at radius 2 is 1.79 bits per heavy atom. The number of nitrogens with zero attached hydrogens (tertiary/aromatic N) is 1. The number of esters is 1. The molecular weight excluding hydrogens is 400 g/mol. The maximum Gasteiger partial charge on any atom is 0.413 e. The van der Waals surface area contributed by atoms with Crippen molar-refractivity contribution in [3.05, 3.63) is 29.8 Å². The fourth-order valence-corrected chi connectivity index (χ4v) is 4.99. The van der Waals surface area contributed by atoms with Gasteiger partial charge >= 0.3 is 12.1 Å². The number of piperidine rings is 1. The molecule has 1 N–H and O–H groups in total. The number of alkyl carbamates (subject to hydrolysis) is 1. The summed E-state index contributed by atoms with van der Waals surface area (Å²) in [5.74, 6) is -1.22. The van der Waals surface area contributed by atoms with Crippen molar-refractivity contribution in [2.24, 2.45) is 11.8 Å². The predicted octanol–water partition coefficient (Wildman–Crippen LogP) is 1.78. The summed E-state index contributed by atoms with van der Waals surface area (Å²) >= 11 is 0. The highest BCUT2D eigenvalue weighted by molar-refractivity contribution is 7.89. The first-order valence-corrected chi connectivity index (χ1v) is 10.8. The molecule has 1 aromatic rings. The summed E-state index contributed by atoms with van der Waals surface area (Å²) in [7, 11) is -3.75. The Morgan fingerprint density at radius 1 is 1.14 bits per heavy atom. The lowest BCUT2D eigenvalue weighted by atomic mass is 9.94. The van der Waals surface area contributed by atoms with Crippen LogP contribution in [0.2, 0.25) is 0 Å². The van der Waals surface area contributed by atoms with Gasteiger partial charge in [0.15, 0.2) is 6.61 Å². The maximum atomic E-state index is 13.0. The van der Waals surface area contributed by atoms with Crippen molar-refractivity contribution >= 4 is 28.0 Å². The van der Waals surface area contributed by atoms with E-state index in [2.05, 4.69) is 4.74 Å². The molecule has 2 rings (SSSR count). The molecule has 0 aromatic heterocycles. The number of sulfonamides is 1. The van der Waals surface area contributed by atoms with Gasteiger partial charge in [-0.2, -0.15) is 4.31 Å². The molecule has 0 radical (unpaired) electrons. The number of ether oxygens (including phenoxy) is 2. The molecule has 1 saturated heterocycles. The van der Waals surface area contributed by atoms with E-state index in [1.165, 1.54) is 28.6 Å². The largest absolute Gasteiger partial charge is 0.452 e. The summed E-state index contributed by atoms with van der Waals surface area (Å²) in [5.41, 5.74) is -0.00637. The van der Waals surface area contributed by atoms with Crippen LogP contribution in [0.4, 0.5) is 4.79 Å². The van der Waals surface area contributed by atoms with E-state index < -0.39 is 34.6 Å². The number of carbonyl (C=O) groups is 3. The topological polar surface area (TPSA) is 119 Å². The number of hydrogen-bond acceptors (Lipinski definition) is 7. The minimum atomic E-state index is -3.75. The van der Waals surface area contributed by atoms with Crippen molar-refractivity contribution in [2.45, 2.75) is 32.1 Å². The normalized spacial score (nSPS) is 20.0. The summed E-state index contributed by atoms with van der Waals surface area (Å²) in [6.45, 7) is 5.84. The highest BCUT2D eigenvalue weighted by Crippen LogP contribution is 2.27. The lowest BCUT2D eigenvalue weighted by Crippen LogP contribution is -2.42. The van der Waals surface area contributed by atoms with Gasteiger partial charge < -0.3 is 9.47 Å². The standard InChI is InChI=1S/C19H26N2O7S/c1-4-27-19(24)20-17(22)12-28-18(23)15-6-5-7-16(9-15)29(25,26)21-10-13(2)8-14(3)11-21/h5-7,9,13-14H,4,8,10-12H2,1-3H3,(H,20,22,24). The van der Waals surface area contributed by atoms with Crippen molar-refractivity contribution in [3.8, 4) is 0 Å². The molecule has 2 unspecified atom stereocenters. The zero-order valence-corrected chi connectivity index (χ0v) is 17.5. The number of carbonyl (C=O) groups excluding carboxylic acids is 3. The van der Waals surface area contributed by atoms with Crippen LogP contribution in [0.3, 0.4) is 0 Å². The monoisotopic (exact) mass is 426 g/mol. The third-order valence-corrected chi connectivity index (χ3v) is 6.22. The molecule has 0 bridgehead atoms. The van der Waals surface area contributed by atoms with Crippen LogP contribution in [0.5, 0.6) is 0 Å². The minimum Gasteiger partial charge on any atom is -0.452 e. The summed E-state index contributed by atoms with van der Waals surface area (Å²) in [6, 6.07) is 5.49. The van der Waals surface area contributed by atoms with Gasteiger partial charge in [0.25, 0.3) is 5.91 Å². The van der Waals surface area contributed by atoms with E-state index in [0.717, 1.165) is 6.42 Å². The molecule has 29 heavy (non-hydrogen) atoms. The van der Waals surface area contributed by atoms with Gasteiger partial charge in [0.05, 0.1) is 17.1 Å². The molecule has 1 heterocycles. The van der Waals surface area contributed by atoms with Gasteiger partial charge in [0.2, 0.25) is 10.0 Å². The first kappa shape index (κ1) is 22.8. The number of imide groups is 1. The van der Waals surface area contributed by atoms with Crippen molar-refractivity contribution in [2.75, 3.05) is 26.3 Å². The fraction of sp³-hybridized carbons (Fsp3) is 0.526. The Kier molecular flexibility index (Phi) is 7.74. The number of rotatable bonds is 6. The van der Waals surface area contributed by atoms with E-state index in [9.17, 15) is 22.8 Å². The average Bonchev–Trinajstić information content (AvgIpc) is 2.65. The molecule has 2 atom stereocenters. The van der Waals surface area contributed by atoms with Gasteiger partial charge in [-0.15, -0.1) is 0 Å². The predicted molar refractivity (Wildman–Crippen MR) is 104 cm³/mol. The van der Waals surface area contributed by atoms with E-state index in [1.807, 2.05) is 19.2 Å². The van der Waals surface area contributed by atoms with E-state index in [1.54, 1.807) is 6.92 Å². The molecule has 1 aliphatic rings. The van der Waals surface area contributed by atoms with Crippen LogP contribution >= 0.6 is 0 Å². The Hall–Kier alpha value is -2.46. The van der Waals surface area contributed by atoms with Gasteiger partial charge in [-0.05, 0) is 43.4 Å². The SMILES string of the molecule is CCOC(=O)NC(=O)COC(=O)c1cccc(S(=O)(=O)N2CC(C)CC(C)C2)c1. The summed E-state index contributed by atoms with van der Waals surface area (Å²) in [4.78, 5) is 34.9. The van der Waals surface area contributed by atoms with Gasteiger partial charge in [0, 0.05) is 13.1 Å². The van der Waals surface area contributed by atoms with Crippen LogP contribution in [-0.2, 0) is 24.3 Å². The van der Waals surface area contributed by atoms with Crippen LogP contribution in [0.1, 0.15) is 37.6 Å². The van der Waals surface area contributed by atoms with E-state index in [-0.39, 0.29) is 28.9 Å². The second-order valence-corrected chi connectivity index (χ2v) is 9.08. The third-order valence-electron chi connectivity index (χ3n) is 4.39. The molecule has 2 amide bonds. The second kappa shape index (κ2) is 9.84. The molecule has 1 aliphatic heterocycles. The Balaban J connectivity index is 2.05. The maximum absolute atomic E-state index is 13.0. The molecule has 9 nitrogen and oxygen atoms in total. The second-order valence-electron chi connectivity index (χ2n) is 7.14. The molecule has 160 valence electrons. The Labute approximate surface area is 170 Å². The highest BCUT2D eigenvalue weighted by Gasteiger charge is 2.32. The third kappa shape index (κ3) is 6.26. The fourth-order valence-electron chi connectivity index (χ4n) is 3.27. The van der Waals surface area contributed by atoms with Crippen molar-refractivity contribution in [1.82, 2.24) is 9.62 Å². The first-order chi connectivity index (χ1) is 13.6. The summed E-state index contributed by atoms with van der Waals surface area (Å²) < 4.78 is 36.8. The molecular formula is C19H26N2O7S. The van der Waals surface area contributed by atoms with E-state index in [4.69, 9.17) is 4.74 Å². The van der Waals surface area contributed by atoms with Gasteiger partial charge in [-0.1, -0.05) is 19.9 Å². The number of nitrogens with one attached hydrogen (secondary N) is 1. The van der Waals surface area contributed by atoms with E-state index >= 15 is 0 Å². The van der Waals surface area contributed by atoms with Crippen LogP contribution < -0.4 is 5.32 Å². The van der Waals surface area contributed by atoms with E-state index in [0.29, 0.717) is 13.1 Å². The van der Waals surface area contributed by atoms with Crippen LogP contribution in [-0.4, -0.2) is 57.0 Å². The van der Waals surface area contributed by atoms with Gasteiger partial charge in [-0.3, -0.25) is 10.1 Å². The molecule has 1 aromatic carbocycles. The quantitative estimate of drug-likeness (QED) is 0.689. The molecule has 0 spiro atoms. The van der Waals surface area contributed by atoms with Crippen LogP contribution in [0.25, 0.3) is 0 Å². The lowest BCUT2D eigenvalue weighted by Gasteiger charge is -2.34. The number of hydrogen-bond donors (Lipinski definition) is 1. The summed E-state index contributed by atoms with van der Waals surface area (Å²) in [6.07, 6.45) is 0.0262. The smallest absolute Gasteiger partial charge is 0.413 e. The zero-order chi connectivity index (χ0) is 21.6. The number of amides is 2. The number of benzene rings is 1. The minimum absolute atomic E-state index is 0.00637. The van der Waals surface area contributed by atoms with Gasteiger partial charge in [0.1, 0.15) is 0 Å². The zero-order valence-electron chi connectivity index (χ0n) is 16.7. The first-order valence-electron chi connectivity index (χ1n) is 9.37. The Bertz CT molecular complexity index is 859. The average molecular weight is 426 g/mol. The highest BCUT2D eigenvalue weighted by atomic mass is 32.2. The molecule has 0 aliphatic carbocycles.